The molecule has 1 rings (SSSR count). The minimum absolute atomic E-state index is 0.0870. The maximum Gasteiger partial charge on any atom is 0.332 e. The van der Waals surface area contributed by atoms with Gasteiger partial charge in [0.25, 0.3) is 5.91 Å². The summed E-state index contributed by atoms with van der Waals surface area (Å²) >= 11 is 0. The standard InChI is InChI=1S/C12H15N3O5/c1-3-20-11(18)6-8(2)14-12(19)9-4-5-13-15(9)7-10(16)17/h4-6H,3,7H2,1-2H3,(H,14,19)(H,16,17)/b8-6+. The Balaban J connectivity index is 2.74. The second kappa shape index (κ2) is 7.07. The Morgan fingerprint density at radius 2 is 2.20 bits per heavy atom. The van der Waals surface area contributed by atoms with E-state index in [9.17, 15) is 14.4 Å². The van der Waals surface area contributed by atoms with Crippen LogP contribution in [0.5, 0.6) is 0 Å². The summed E-state index contributed by atoms with van der Waals surface area (Å²) in [6.07, 6.45) is 2.46. The molecule has 1 aromatic rings. The van der Waals surface area contributed by atoms with E-state index in [2.05, 4.69) is 10.4 Å². The van der Waals surface area contributed by atoms with Crippen molar-refractivity contribution in [1.82, 2.24) is 15.1 Å². The number of nitrogens with one attached hydrogen (secondary N) is 1. The number of ether oxygens (including phenoxy) is 1. The fourth-order valence-electron chi connectivity index (χ4n) is 1.42. The number of carboxylic acids is 1. The molecule has 0 bridgehead atoms. The number of carboxylic acid groups (broad SMARTS) is 1. The van der Waals surface area contributed by atoms with Crippen molar-refractivity contribution in [2.24, 2.45) is 0 Å². The number of hydrogen-bond donors (Lipinski definition) is 2. The molecule has 0 saturated carbocycles. The average molecular weight is 281 g/mol. The van der Waals surface area contributed by atoms with Gasteiger partial charge in [-0.2, -0.15) is 5.10 Å². The third-order valence-electron chi connectivity index (χ3n) is 2.17. The summed E-state index contributed by atoms with van der Waals surface area (Å²) in [5.74, 6) is -2.23. The number of nitrogens with zero attached hydrogens (tertiary/aromatic N) is 2. The molecule has 0 aromatic carbocycles. The zero-order valence-electron chi connectivity index (χ0n) is 11.1. The van der Waals surface area contributed by atoms with E-state index in [0.717, 1.165) is 10.8 Å². The van der Waals surface area contributed by atoms with Crippen molar-refractivity contribution in [3.8, 4) is 0 Å². The summed E-state index contributed by atoms with van der Waals surface area (Å²) in [6.45, 7) is 3.01. The van der Waals surface area contributed by atoms with E-state index < -0.39 is 24.4 Å². The number of rotatable bonds is 6. The predicted octanol–water partition coefficient (Wildman–Crippen LogP) is 0.164. The molecule has 108 valence electrons. The molecule has 0 saturated heterocycles. The van der Waals surface area contributed by atoms with E-state index in [1.165, 1.54) is 19.2 Å². The monoisotopic (exact) mass is 281 g/mol. The lowest BCUT2D eigenvalue weighted by Crippen LogP contribution is -2.26. The van der Waals surface area contributed by atoms with Crippen molar-refractivity contribution in [3.63, 3.8) is 0 Å². The molecule has 0 aliphatic heterocycles. The van der Waals surface area contributed by atoms with E-state index >= 15 is 0 Å². The highest BCUT2D eigenvalue weighted by Crippen LogP contribution is 2.01. The molecule has 0 atom stereocenters. The molecule has 0 fully saturated rings. The van der Waals surface area contributed by atoms with Crippen LogP contribution >= 0.6 is 0 Å². The molecule has 20 heavy (non-hydrogen) atoms. The van der Waals surface area contributed by atoms with Gasteiger partial charge in [-0.05, 0) is 19.9 Å². The quantitative estimate of drug-likeness (QED) is 0.568. The molecule has 0 radical (unpaired) electrons. The van der Waals surface area contributed by atoms with Crippen molar-refractivity contribution >= 4 is 17.8 Å². The van der Waals surface area contributed by atoms with Crippen LogP contribution in [-0.2, 0) is 20.9 Å². The van der Waals surface area contributed by atoms with E-state index in [4.69, 9.17) is 9.84 Å². The topological polar surface area (TPSA) is 111 Å². The van der Waals surface area contributed by atoms with Crippen LogP contribution < -0.4 is 5.32 Å². The van der Waals surface area contributed by atoms with Gasteiger partial charge < -0.3 is 15.2 Å². The Hall–Kier alpha value is -2.64. The Morgan fingerprint density at radius 1 is 1.50 bits per heavy atom. The van der Waals surface area contributed by atoms with Crippen molar-refractivity contribution in [2.75, 3.05) is 6.61 Å². The van der Waals surface area contributed by atoms with Crippen LogP contribution in [0.15, 0.2) is 24.0 Å². The smallest absolute Gasteiger partial charge is 0.332 e. The number of aromatic nitrogens is 2. The SMILES string of the molecule is CCOC(=O)/C=C(\C)NC(=O)c1ccnn1CC(=O)O. The minimum atomic E-state index is -1.11. The summed E-state index contributed by atoms with van der Waals surface area (Å²) in [4.78, 5) is 33.7. The summed E-state index contributed by atoms with van der Waals surface area (Å²) in [5.41, 5.74) is 0.375. The fraction of sp³-hybridized carbons (Fsp3) is 0.333. The van der Waals surface area contributed by atoms with Crippen LogP contribution in [0.4, 0.5) is 0 Å². The van der Waals surface area contributed by atoms with Gasteiger partial charge in [0.05, 0.1) is 6.61 Å². The molecule has 8 nitrogen and oxygen atoms in total. The predicted molar refractivity (Wildman–Crippen MR) is 67.7 cm³/mol. The van der Waals surface area contributed by atoms with Gasteiger partial charge in [0.2, 0.25) is 0 Å². The first-order valence-electron chi connectivity index (χ1n) is 5.84. The summed E-state index contributed by atoms with van der Waals surface area (Å²) in [7, 11) is 0. The minimum Gasteiger partial charge on any atom is -0.480 e. The van der Waals surface area contributed by atoms with Crippen LogP contribution in [0.3, 0.4) is 0 Å². The Kier molecular flexibility index (Phi) is 5.45. The van der Waals surface area contributed by atoms with Crippen molar-refractivity contribution in [2.45, 2.75) is 20.4 Å². The van der Waals surface area contributed by atoms with Crippen LogP contribution in [0.25, 0.3) is 0 Å². The lowest BCUT2D eigenvalue weighted by molar-refractivity contribution is -0.138. The number of hydrogen-bond acceptors (Lipinski definition) is 5. The highest BCUT2D eigenvalue weighted by atomic mass is 16.5. The van der Waals surface area contributed by atoms with E-state index in [0.29, 0.717) is 0 Å². The van der Waals surface area contributed by atoms with Crippen molar-refractivity contribution in [3.05, 3.63) is 29.7 Å². The average Bonchev–Trinajstić information content (AvgIpc) is 2.75. The molecule has 0 aliphatic rings. The molecule has 0 spiro atoms. The summed E-state index contributed by atoms with van der Waals surface area (Å²) in [5, 5.41) is 14.9. The number of amides is 1. The molecule has 0 aliphatic carbocycles. The van der Waals surface area contributed by atoms with Gasteiger partial charge in [0.1, 0.15) is 12.2 Å². The lowest BCUT2D eigenvalue weighted by atomic mass is 10.3. The van der Waals surface area contributed by atoms with E-state index in [-0.39, 0.29) is 18.0 Å². The molecule has 0 unspecified atom stereocenters. The van der Waals surface area contributed by atoms with Gasteiger partial charge in [-0.25, -0.2) is 9.48 Å². The van der Waals surface area contributed by atoms with Gasteiger partial charge in [-0.15, -0.1) is 0 Å². The van der Waals surface area contributed by atoms with E-state index in [1.54, 1.807) is 6.92 Å². The summed E-state index contributed by atoms with van der Waals surface area (Å²) in [6, 6.07) is 1.38. The van der Waals surface area contributed by atoms with Gasteiger partial charge in [0, 0.05) is 18.0 Å². The number of carbonyl (C=O) groups excluding carboxylic acids is 2. The molecule has 2 N–H and O–H groups in total. The molecular weight excluding hydrogens is 266 g/mol. The number of carbonyl (C=O) groups is 3. The van der Waals surface area contributed by atoms with Gasteiger partial charge in [-0.3, -0.25) is 9.59 Å². The van der Waals surface area contributed by atoms with Gasteiger partial charge >= 0.3 is 11.9 Å². The fourth-order valence-corrected chi connectivity index (χ4v) is 1.42. The van der Waals surface area contributed by atoms with Crippen LogP contribution in [-0.4, -0.2) is 39.3 Å². The zero-order valence-corrected chi connectivity index (χ0v) is 11.1. The molecule has 1 aromatic heterocycles. The second-order valence-electron chi connectivity index (χ2n) is 3.80. The van der Waals surface area contributed by atoms with Gasteiger partial charge in [0.15, 0.2) is 0 Å². The maximum atomic E-state index is 11.9. The normalized spacial score (nSPS) is 11.0. The largest absolute Gasteiger partial charge is 0.480 e. The van der Waals surface area contributed by atoms with Crippen LogP contribution in [0.2, 0.25) is 0 Å². The van der Waals surface area contributed by atoms with Crippen molar-refractivity contribution in [1.29, 1.82) is 0 Å². The lowest BCUT2D eigenvalue weighted by Gasteiger charge is -2.07. The second-order valence-corrected chi connectivity index (χ2v) is 3.80. The number of allylic oxidation sites excluding steroid dienone is 1. The first kappa shape index (κ1) is 15.4. The molecular formula is C12H15N3O5. The highest BCUT2D eigenvalue weighted by Gasteiger charge is 2.14. The number of esters is 1. The number of aliphatic carboxylic acids is 1. The van der Waals surface area contributed by atoms with Crippen molar-refractivity contribution < 1.29 is 24.2 Å². The third kappa shape index (κ3) is 4.56. The van der Waals surface area contributed by atoms with Crippen LogP contribution in [0, 0.1) is 0 Å². The molecule has 1 amide bonds. The first-order chi connectivity index (χ1) is 9.43. The van der Waals surface area contributed by atoms with Crippen LogP contribution in [0.1, 0.15) is 24.3 Å². The summed E-state index contributed by atoms with van der Waals surface area (Å²) < 4.78 is 5.75. The van der Waals surface area contributed by atoms with Gasteiger partial charge in [-0.1, -0.05) is 0 Å². The maximum absolute atomic E-state index is 11.9. The third-order valence-corrected chi connectivity index (χ3v) is 2.17. The Morgan fingerprint density at radius 3 is 2.80 bits per heavy atom. The first-order valence-corrected chi connectivity index (χ1v) is 5.84. The Labute approximate surface area is 115 Å². The Bertz CT molecular complexity index is 547. The molecule has 1 heterocycles. The molecule has 8 heteroatoms. The zero-order chi connectivity index (χ0) is 15.1. The van der Waals surface area contributed by atoms with E-state index in [1.807, 2.05) is 0 Å². The highest BCUT2D eigenvalue weighted by molar-refractivity contribution is 5.94.